The first kappa shape index (κ1) is 13.9. The van der Waals surface area contributed by atoms with E-state index in [1.807, 2.05) is 29.2 Å². The standard InChI is InChI=1S/C16H21N3O2/c1-11(16(21)19-8-4-5-9-19)17-15(20)14-10-12-6-2-3-7-13(12)18-14/h2-3,6-7,11,14,18H,4-5,8-10H2,1H3,(H,17,20)/t11?,14-/m0/s1. The highest BCUT2D eigenvalue weighted by Crippen LogP contribution is 2.25. The van der Waals surface area contributed by atoms with Gasteiger partial charge in [0.05, 0.1) is 0 Å². The third-order valence-corrected chi connectivity index (χ3v) is 4.23. The number of nitrogens with zero attached hydrogens (tertiary/aromatic N) is 1. The third kappa shape index (κ3) is 2.86. The quantitative estimate of drug-likeness (QED) is 0.876. The lowest BCUT2D eigenvalue weighted by molar-refractivity contribution is -0.135. The molecule has 2 N–H and O–H groups in total. The van der Waals surface area contributed by atoms with E-state index in [2.05, 4.69) is 10.6 Å². The molecule has 2 aliphatic heterocycles. The minimum absolute atomic E-state index is 0.0244. The first-order chi connectivity index (χ1) is 10.1. The van der Waals surface area contributed by atoms with Crippen LogP contribution in [0.5, 0.6) is 0 Å². The Labute approximate surface area is 124 Å². The van der Waals surface area contributed by atoms with Crippen LogP contribution in [0.3, 0.4) is 0 Å². The molecule has 2 aliphatic rings. The molecule has 0 spiro atoms. The number of anilines is 1. The van der Waals surface area contributed by atoms with Crippen molar-refractivity contribution in [1.29, 1.82) is 0 Å². The number of amides is 2. The van der Waals surface area contributed by atoms with E-state index in [-0.39, 0.29) is 17.9 Å². The van der Waals surface area contributed by atoms with Crippen molar-refractivity contribution in [2.75, 3.05) is 18.4 Å². The molecule has 2 atom stereocenters. The van der Waals surface area contributed by atoms with E-state index in [1.165, 1.54) is 0 Å². The van der Waals surface area contributed by atoms with Gasteiger partial charge in [-0.05, 0) is 31.4 Å². The van der Waals surface area contributed by atoms with Crippen molar-refractivity contribution in [2.45, 2.75) is 38.3 Å². The van der Waals surface area contributed by atoms with E-state index in [9.17, 15) is 9.59 Å². The summed E-state index contributed by atoms with van der Waals surface area (Å²) in [5.74, 6) is -0.0809. The number of likely N-dealkylation sites (tertiary alicyclic amines) is 1. The van der Waals surface area contributed by atoms with Gasteiger partial charge in [-0.25, -0.2) is 0 Å². The second-order valence-electron chi connectivity index (χ2n) is 5.82. The number of fused-ring (bicyclic) bond motifs is 1. The first-order valence-electron chi connectivity index (χ1n) is 7.59. The number of hydrogen-bond donors (Lipinski definition) is 2. The van der Waals surface area contributed by atoms with Crippen LogP contribution in [-0.2, 0) is 16.0 Å². The highest BCUT2D eigenvalue weighted by Gasteiger charge is 2.30. The average Bonchev–Trinajstić information content (AvgIpc) is 3.15. The van der Waals surface area contributed by atoms with Crippen LogP contribution in [0.1, 0.15) is 25.3 Å². The van der Waals surface area contributed by atoms with Crippen LogP contribution < -0.4 is 10.6 Å². The number of carbonyl (C=O) groups excluding carboxylic acids is 2. The van der Waals surface area contributed by atoms with Gasteiger partial charge in [0.25, 0.3) is 0 Å². The number of rotatable bonds is 3. The Morgan fingerprint density at radius 3 is 2.71 bits per heavy atom. The summed E-state index contributed by atoms with van der Waals surface area (Å²) < 4.78 is 0. The lowest BCUT2D eigenvalue weighted by atomic mass is 10.1. The molecule has 0 aromatic heterocycles. The molecule has 3 rings (SSSR count). The molecule has 0 bridgehead atoms. The van der Waals surface area contributed by atoms with Gasteiger partial charge in [0.15, 0.2) is 0 Å². The summed E-state index contributed by atoms with van der Waals surface area (Å²) in [5, 5.41) is 6.05. The van der Waals surface area contributed by atoms with Crippen LogP contribution in [0.4, 0.5) is 5.69 Å². The van der Waals surface area contributed by atoms with Crippen molar-refractivity contribution in [3.05, 3.63) is 29.8 Å². The highest BCUT2D eigenvalue weighted by molar-refractivity contribution is 5.92. The van der Waals surface area contributed by atoms with Crippen molar-refractivity contribution in [3.63, 3.8) is 0 Å². The topological polar surface area (TPSA) is 61.4 Å². The number of nitrogens with one attached hydrogen (secondary N) is 2. The van der Waals surface area contributed by atoms with E-state index < -0.39 is 6.04 Å². The van der Waals surface area contributed by atoms with Gasteiger partial charge in [0.1, 0.15) is 12.1 Å². The van der Waals surface area contributed by atoms with E-state index in [0.29, 0.717) is 6.42 Å². The zero-order valence-electron chi connectivity index (χ0n) is 12.3. The maximum Gasteiger partial charge on any atom is 0.244 e. The molecule has 0 aliphatic carbocycles. The van der Waals surface area contributed by atoms with Crippen molar-refractivity contribution in [2.24, 2.45) is 0 Å². The largest absolute Gasteiger partial charge is 0.373 e. The molecule has 0 saturated carbocycles. The fraction of sp³-hybridized carbons (Fsp3) is 0.500. The third-order valence-electron chi connectivity index (χ3n) is 4.23. The number of para-hydroxylation sites is 1. The second-order valence-corrected chi connectivity index (χ2v) is 5.82. The monoisotopic (exact) mass is 287 g/mol. The van der Waals surface area contributed by atoms with E-state index in [0.717, 1.165) is 37.2 Å². The lowest BCUT2D eigenvalue weighted by Crippen LogP contribution is -2.50. The van der Waals surface area contributed by atoms with Crippen LogP contribution in [-0.4, -0.2) is 41.9 Å². The molecule has 1 unspecified atom stereocenters. The first-order valence-corrected chi connectivity index (χ1v) is 7.59. The summed E-state index contributed by atoms with van der Waals surface area (Å²) in [6.07, 6.45) is 2.80. The van der Waals surface area contributed by atoms with Gasteiger partial charge in [-0.1, -0.05) is 18.2 Å². The predicted molar refractivity (Wildman–Crippen MR) is 81.0 cm³/mol. The molecule has 112 valence electrons. The van der Waals surface area contributed by atoms with Crippen molar-refractivity contribution in [3.8, 4) is 0 Å². The number of hydrogen-bond acceptors (Lipinski definition) is 3. The van der Waals surface area contributed by atoms with E-state index in [1.54, 1.807) is 6.92 Å². The molecule has 2 heterocycles. The van der Waals surface area contributed by atoms with Crippen LogP contribution in [0, 0.1) is 0 Å². The summed E-state index contributed by atoms with van der Waals surface area (Å²) >= 11 is 0. The Morgan fingerprint density at radius 1 is 1.29 bits per heavy atom. The average molecular weight is 287 g/mol. The van der Waals surface area contributed by atoms with Gasteiger partial charge in [0, 0.05) is 25.2 Å². The van der Waals surface area contributed by atoms with Crippen molar-refractivity contribution in [1.82, 2.24) is 10.2 Å². The summed E-state index contributed by atoms with van der Waals surface area (Å²) in [5.41, 5.74) is 2.16. The molecule has 1 fully saturated rings. The summed E-state index contributed by atoms with van der Waals surface area (Å²) in [7, 11) is 0. The normalized spacial score (nSPS) is 21.6. The molecule has 2 amide bonds. The lowest BCUT2D eigenvalue weighted by Gasteiger charge is -2.22. The molecular weight excluding hydrogens is 266 g/mol. The summed E-state index contributed by atoms with van der Waals surface area (Å²) in [6, 6.07) is 7.18. The molecule has 1 aromatic carbocycles. The zero-order chi connectivity index (χ0) is 14.8. The predicted octanol–water partition coefficient (Wildman–Crippen LogP) is 1.15. The maximum absolute atomic E-state index is 12.3. The fourth-order valence-corrected chi connectivity index (χ4v) is 3.04. The highest BCUT2D eigenvalue weighted by atomic mass is 16.2. The van der Waals surface area contributed by atoms with Gasteiger partial charge in [0.2, 0.25) is 11.8 Å². The smallest absolute Gasteiger partial charge is 0.244 e. The minimum Gasteiger partial charge on any atom is -0.373 e. The zero-order valence-corrected chi connectivity index (χ0v) is 12.3. The van der Waals surface area contributed by atoms with Crippen LogP contribution in [0.25, 0.3) is 0 Å². The number of benzene rings is 1. The molecular formula is C16H21N3O2. The van der Waals surface area contributed by atoms with Gasteiger partial charge in [-0.15, -0.1) is 0 Å². The van der Waals surface area contributed by atoms with Crippen molar-refractivity contribution >= 4 is 17.5 Å². The molecule has 21 heavy (non-hydrogen) atoms. The fourth-order valence-electron chi connectivity index (χ4n) is 3.04. The second kappa shape index (κ2) is 5.76. The molecule has 1 aromatic rings. The minimum atomic E-state index is -0.457. The molecule has 5 heteroatoms. The number of carbonyl (C=O) groups is 2. The summed E-state index contributed by atoms with van der Waals surface area (Å²) in [4.78, 5) is 26.3. The molecule has 1 saturated heterocycles. The molecule has 0 radical (unpaired) electrons. The Balaban J connectivity index is 1.56. The van der Waals surface area contributed by atoms with Gasteiger partial charge in [-0.3, -0.25) is 9.59 Å². The van der Waals surface area contributed by atoms with Gasteiger partial charge >= 0.3 is 0 Å². The van der Waals surface area contributed by atoms with Gasteiger partial charge < -0.3 is 15.5 Å². The van der Waals surface area contributed by atoms with Crippen LogP contribution in [0.15, 0.2) is 24.3 Å². The van der Waals surface area contributed by atoms with Crippen LogP contribution >= 0.6 is 0 Å². The Kier molecular flexibility index (Phi) is 3.82. The van der Waals surface area contributed by atoms with Crippen LogP contribution in [0.2, 0.25) is 0 Å². The summed E-state index contributed by atoms with van der Waals surface area (Å²) in [6.45, 7) is 3.39. The van der Waals surface area contributed by atoms with Gasteiger partial charge in [-0.2, -0.15) is 0 Å². The molecule has 5 nitrogen and oxygen atoms in total. The Bertz CT molecular complexity index is 527. The SMILES string of the molecule is CC(NC(=O)[C@@H]1Cc2ccccc2N1)C(=O)N1CCCC1. The van der Waals surface area contributed by atoms with E-state index >= 15 is 0 Å². The van der Waals surface area contributed by atoms with Crippen molar-refractivity contribution < 1.29 is 9.59 Å². The van der Waals surface area contributed by atoms with E-state index in [4.69, 9.17) is 0 Å². The maximum atomic E-state index is 12.3. The Morgan fingerprint density at radius 2 is 2.00 bits per heavy atom. The Hall–Kier alpha value is -2.04.